The minimum atomic E-state index is -0.336. The minimum absolute atomic E-state index is 0.00371. The van der Waals surface area contributed by atoms with Crippen LogP contribution in [0.4, 0.5) is 0 Å². The fourth-order valence-corrected chi connectivity index (χ4v) is 5.21. The second-order valence-corrected chi connectivity index (χ2v) is 14.3. The molecule has 3 rings (SSSR count). The van der Waals surface area contributed by atoms with E-state index in [-0.39, 0.29) is 70.0 Å². The summed E-state index contributed by atoms with van der Waals surface area (Å²) >= 11 is -0.106. The van der Waals surface area contributed by atoms with Gasteiger partial charge in [0.2, 0.25) is 17.7 Å². The average molecular weight is 781 g/mol. The van der Waals surface area contributed by atoms with E-state index in [1.165, 1.54) is 0 Å². The zero-order valence-electron chi connectivity index (χ0n) is 28.1. The number of pyridine rings is 1. The number of carbonyl (C=O) groups is 3. The van der Waals surface area contributed by atoms with Crippen molar-refractivity contribution in [3.63, 3.8) is 0 Å². The molecule has 0 fully saturated rings. The number of nitrogens with one attached hydrogen (secondary N) is 3. The fraction of sp³-hybridized carbons (Fsp3) is 0.529. The first-order valence-corrected chi connectivity index (χ1v) is 20.1. The molecule has 0 saturated carbocycles. The molecule has 3 amide bonds. The number of amides is 3. The molecule has 0 saturated heterocycles. The van der Waals surface area contributed by atoms with Gasteiger partial charge in [0, 0.05) is 30.0 Å². The van der Waals surface area contributed by atoms with E-state index < -0.39 is 0 Å². The van der Waals surface area contributed by atoms with Crippen molar-refractivity contribution < 1.29 is 30.3 Å². The Labute approximate surface area is 295 Å². The quantitative estimate of drug-likeness (QED) is 0.107. The molecular weight excluding hydrogens is 732 g/mol. The fourth-order valence-electron chi connectivity index (χ4n) is 5.21. The first-order chi connectivity index (χ1) is 22.6. The molecule has 3 N–H and O–H groups in total. The predicted octanol–water partition coefficient (Wildman–Crippen LogP) is 6.44. The molecule has 4 unspecified atom stereocenters. The van der Waals surface area contributed by atoms with Gasteiger partial charge in [-0.05, 0) is 75.1 Å². The van der Waals surface area contributed by atoms with E-state index in [0.717, 1.165) is 35.4 Å². The van der Waals surface area contributed by atoms with E-state index in [1.54, 1.807) is 10.9 Å². The van der Waals surface area contributed by atoms with E-state index in [9.17, 15) is 14.4 Å². The molecule has 2 aromatic heterocycles. The van der Waals surface area contributed by atoms with Gasteiger partial charge in [-0.15, -0.1) is 5.10 Å². The van der Waals surface area contributed by atoms with Gasteiger partial charge >= 0.3 is 35.0 Å². The van der Waals surface area contributed by atoms with Gasteiger partial charge in [-0.2, -0.15) is 0 Å². The second-order valence-electron chi connectivity index (χ2n) is 11.9. The van der Waals surface area contributed by atoms with Crippen LogP contribution in [-0.2, 0) is 36.9 Å². The van der Waals surface area contributed by atoms with Crippen LogP contribution in [0.2, 0.25) is 0 Å². The summed E-state index contributed by atoms with van der Waals surface area (Å²) in [4.78, 5) is 42.9. The Balaban J connectivity index is 0.00000246. The van der Waals surface area contributed by atoms with Crippen LogP contribution in [0.3, 0.4) is 0 Å². The third-order valence-corrected chi connectivity index (χ3v) is 8.14. The third-order valence-electron chi connectivity index (χ3n) is 8.14. The molecule has 4 atom stereocenters. The van der Waals surface area contributed by atoms with Gasteiger partial charge in [-0.3, -0.25) is 19.4 Å². The summed E-state index contributed by atoms with van der Waals surface area (Å²) in [5, 5.41) is 17.2. The maximum absolute atomic E-state index is 13.4. The van der Waals surface area contributed by atoms with Gasteiger partial charge in [-0.1, -0.05) is 63.2 Å². The van der Waals surface area contributed by atoms with Crippen molar-refractivity contribution in [2.45, 2.75) is 92.2 Å². The van der Waals surface area contributed by atoms with E-state index in [1.807, 2.05) is 59.0 Å². The van der Waals surface area contributed by atoms with Crippen LogP contribution < -0.4 is 16.0 Å². The number of carbonyl (C=O) groups excluding carboxylic acids is 3. The molecular formula is C34H49Cl2N7O3Pd. The van der Waals surface area contributed by atoms with Gasteiger partial charge in [-0.25, -0.2) is 4.68 Å². The summed E-state index contributed by atoms with van der Waals surface area (Å²) in [6, 6.07) is 14.2. The Bertz CT molecular complexity index is 1360. The summed E-state index contributed by atoms with van der Waals surface area (Å²) in [5.74, 6) is -0.862. The van der Waals surface area contributed by atoms with Crippen LogP contribution in [0.5, 0.6) is 0 Å². The first-order valence-electron chi connectivity index (χ1n) is 16.1. The van der Waals surface area contributed by atoms with Crippen LogP contribution >= 0.6 is 19.1 Å². The van der Waals surface area contributed by atoms with Crippen molar-refractivity contribution in [2.75, 3.05) is 6.67 Å². The van der Waals surface area contributed by atoms with Crippen molar-refractivity contribution in [1.29, 1.82) is 0 Å². The molecule has 0 aliphatic carbocycles. The monoisotopic (exact) mass is 779 g/mol. The van der Waals surface area contributed by atoms with E-state index in [0.29, 0.717) is 25.8 Å². The number of aromatic nitrogens is 4. The Kier molecular flexibility index (Phi) is 18.8. The SMILES string of the molecule is CCC(C)C(=O)NCNC(=O)C(CC)CC(CC(CC)c1ccc(Cn2cc(-c3ccccn3)nn2)cc1)C(=O)NC(C)C.[Cl][Pd][Cl]. The number of halogens is 2. The molecule has 0 aliphatic rings. The molecule has 0 radical (unpaired) electrons. The molecule has 1 aromatic carbocycles. The number of rotatable bonds is 17. The number of benzene rings is 1. The Morgan fingerprint density at radius 2 is 1.51 bits per heavy atom. The van der Waals surface area contributed by atoms with Crippen LogP contribution in [0.15, 0.2) is 54.9 Å². The number of hydrogen-bond donors (Lipinski definition) is 3. The molecule has 2 heterocycles. The summed E-state index contributed by atoms with van der Waals surface area (Å²) in [6.45, 7) is 12.5. The number of nitrogens with zero attached hydrogens (tertiary/aromatic N) is 4. The van der Waals surface area contributed by atoms with Gasteiger partial charge in [0.15, 0.2) is 0 Å². The normalized spacial score (nSPS) is 13.6. The van der Waals surface area contributed by atoms with E-state index in [4.69, 9.17) is 19.1 Å². The molecule has 262 valence electrons. The van der Waals surface area contributed by atoms with Crippen LogP contribution in [0.25, 0.3) is 11.4 Å². The van der Waals surface area contributed by atoms with Crippen molar-refractivity contribution in [2.24, 2.45) is 17.8 Å². The van der Waals surface area contributed by atoms with Crippen molar-refractivity contribution in [3.05, 3.63) is 66.0 Å². The van der Waals surface area contributed by atoms with Crippen molar-refractivity contribution in [1.82, 2.24) is 35.9 Å². The van der Waals surface area contributed by atoms with Gasteiger partial charge in [0.1, 0.15) is 5.69 Å². The summed E-state index contributed by atoms with van der Waals surface area (Å²) in [6.07, 6.45) is 6.92. The average Bonchev–Trinajstić information content (AvgIpc) is 3.53. The van der Waals surface area contributed by atoms with Crippen molar-refractivity contribution in [3.8, 4) is 11.4 Å². The summed E-state index contributed by atoms with van der Waals surface area (Å²) < 4.78 is 1.80. The topological polar surface area (TPSA) is 131 Å². The maximum atomic E-state index is 13.4. The van der Waals surface area contributed by atoms with Crippen LogP contribution in [-0.4, -0.2) is 50.4 Å². The molecule has 13 heteroatoms. The molecule has 47 heavy (non-hydrogen) atoms. The Hall–Kier alpha value is -2.84. The Morgan fingerprint density at radius 1 is 0.830 bits per heavy atom. The van der Waals surface area contributed by atoms with Crippen molar-refractivity contribution >= 4 is 36.8 Å². The zero-order chi connectivity index (χ0) is 34.8. The van der Waals surface area contributed by atoms with E-state index in [2.05, 4.69) is 62.4 Å². The van der Waals surface area contributed by atoms with Crippen LogP contribution in [0, 0.1) is 17.8 Å². The van der Waals surface area contributed by atoms with Crippen LogP contribution in [0.1, 0.15) is 90.7 Å². The summed E-state index contributed by atoms with van der Waals surface area (Å²) in [5.41, 5.74) is 3.77. The van der Waals surface area contributed by atoms with Gasteiger partial charge in [0.25, 0.3) is 0 Å². The molecule has 3 aromatic rings. The molecule has 0 aliphatic heterocycles. The zero-order valence-corrected chi connectivity index (χ0v) is 31.2. The predicted molar refractivity (Wildman–Crippen MR) is 184 cm³/mol. The first kappa shape index (κ1) is 40.3. The molecule has 10 nitrogen and oxygen atoms in total. The van der Waals surface area contributed by atoms with Gasteiger partial charge in [0.05, 0.1) is 25.1 Å². The Morgan fingerprint density at radius 3 is 2.09 bits per heavy atom. The summed E-state index contributed by atoms with van der Waals surface area (Å²) in [7, 11) is 9.63. The van der Waals surface area contributed by atoms with Gasteiger partial charge < -0.3 is 16.0 Å². The van der Waals surface area contributed by atoms with E-state index >= 15 is 0 Å². The molecule has 0 spiro atoms. The molecule has 0 bridgehead atoms. The standard InChI is InChI=1S/C34H49N7O3.2ClH.Pd/c1-7-24(6)32(42)36-22-37-33(43)27(9-3)19-29(34(44)38-23(4)5)18-26(8-2)28-15-13-25(14-16-28)20-41-21-31(39-40-41)30-12-10-11-17-35-30;;;/h10-17,21,23-24,26-27,29H,7-9,18-20,22H2,1-6H3,(H,36,42)(H,37,43)(H,38,44);2*1H;/q;;;+2/p-2. The third kappa shape index (κ3) is 14.0. The number of hydrogen-bond acceptors (Lipinski definition) is 6. The second kappa shape index (κ2) is 21.9.